The van der Waals surface area contributed by atoms with Gasteiger partial charge in [-0.05, 0) is 63.8 Å². The number of nitrogens with zero attached hydrogens (tertiary/aromatic N) is 2. The molecule has 2 aromatic heterocycles. The van der Waals surface area contributed by atoms with Gasteiger partial charge in [0.2, 0.25) is 0 Å². The molecule has 0 aliphatic heterocycles. The number of imidazole rings is 1. The summed E-state index contributed by atoms with van der Waals surface area (Å²) in [6.45, 7) is 14.3. The molecule has 0 fully saturated rings. The summed E-state index contributed by atoms with van der Waals surface area (Å²) >= 11 is 0. The van der Waals surface area contributed by atoms with Gasteiger partial charge in [-0.2, -0.15) is 0 Å². The van der Waals surface area contributed by atoms with Gasteiger partial charge in [-0.1, -0.05) is 59.7 Å². The Morgan fingerprint density at radius 1 is 0.742 bits per heavy atom. The van der Waals surface area contributed by atoms with Gasteiger partial charge in [-0.3, -0.25) is 4.57 Å². The molecule has 6 rings (SSSR count). The fraction of sp³-hybridized carbons (Fsp3) is 0.321. The Labute approximate surface area is 182 Å². The molecule has 0 spiro atoms. The number of hydrogen-bond acceptors (Lipinski definition) is 2. The highest BCUT2D eigenvalue weighted by Gasteiger charge is 2.56. The van der Waals surface area contributed by atoms with Crippen molar-refractivity contribution in [2.45, 2.75) is 52.4 Å². The number of rotatable bonds is 1. The van der Waals surface area contributed by atoms with Crippen LogP contribution in [0.5, 0.6) is 0 Å². The predicted molar refractivity (Wildman–Crippen MR) is 128 cm³/mol. The Bertz CT molecular complexity index is 1510. The van der Waals surface area contributed by atoms with Gasteiger partial charge in [0.25, 0.3) is 0 Å². The summed E-state index contributed by atoms with van der Waals surface area (Å²) in [5, 5.41) is 2.29. The first-order valence-corrected chi connectivity index (χ1v) is 11.1. The van der Waals surface area contributed by atoms with E-state index in [2.05, 4.69) is 88.6 Å². The van der Waals surface area contributed by atoms with Crippen LogP contribution in [0.15, 0.2) is 65.3 Å². The number of benzene rings is 3. The predicted octanol–water partition coefficient (Wildman–Crippen LogP) is 7.52. The first-order valence-electron chi connectivity index (χ1n) is 11.1. The number of para-hydroxylation sites is 1. The molecule has 31 heavy (non-hydrogen) atoms. The van der Waals surface area contributed by atoms with Gasteiger partial charge in [-0.15, -0.1) is 0 Å². The van der Waals surface area contributed by atoms with E-state index in [-0.39, 0.29) is 16.2 Å². The Kier molecular flexibility index (Phi) is 3.37. The lowest BCUT2D eigenvalue weighted by Gasteiger charge is -2.44. The highest BCUT2D eigenvalue weighted by Crippen LogP contribution is 2.61. The van der Waals surface area contributed by atoms with Crippen LogP contribution in [-0.2, 0) is 10.8 Å². The zero-order valence-electron chi connectivity index (χ0n) is 19.1. The van der Waals surface area contributed by atoms with Crippen LogP contribution in [0.4, 0.5) is 0 Å². The number of aromatic nitrogens is 2. The molecular formula is C28H28N2O. The quantitative estimate of drug-likeness (QED) is 0.287. The van der Waals surface area contributed by atoms with Gasteiger partial charge < -0.3 is 4.42 Å². The molecule has 0 saturated carbocycles. The second kappa shape index (κ2) is 5.59. The summed E-state index contributed by atoms with van der Waals surface area (Å²) in [7, 11) is 0. The topological polar surface area (TPSA) is 31.0 Å². The summed E-state index contributed by atoms with van der Waals surface area (Å²) < 4.78 is 8.23. The van der Waals surface area contributed by atoms with E-state index < -0.39 is 0 Å². The van der Waals surface area contributed by atoms with Crippen LogP contribution >= 0.6 is 0 Å². The van der Waals surface area contributed by atoms with Crippen LogP contribution in [0.1, 0.15) is 52.7 Å². The fourth-order valence-electron chi connectivity index (χ4n) is 5.61. The molecule has 156 valence electrons. The first-order chi connectivity index (χ1) is 14.6. The monoisotopic (exact) mass is 408 g/mol. The highest BCUT2D eigenvalue weighted by atomic mass is 16.3. The second-order valence-electron chi connectivity index (χ2n) is 10.7. The minimum absolute atomic E-state index is 0.0693. The van der Waals surface area contributed by atoms with Crippen LogP contribution in [0.25, 0.3) is 38.7 Å². The Hall–Kier alpha value is -3.07. The highest BCUT2D eigenvalue weighted by molar-refractivity contribution is 6.05. The summed E-state index contributed by atoms with van der Waals surface area (Å²) in [6.07, 6.45) is 1.95. The van der Waals surface area contributed by atoms with Crippen molar-refractivity contribution in [3.05, 3.63) is 72.1 Å². The third-order valence-corrected chi connectivity index (χ3v) is 8.80. The van der Waals surface area contributed by atoms with Gasteiger partial charge in [0, 0.05) is 16.5 Å². The van der Waals surface area contributed by atoms with Gasteiger partial charge in [-0.25, -0.2) is 4.98 Å². The molecule has 3 aromatic carbocycles. The van der Waals surface area contributed by atoms with Crippen LogP contribution in [-0.4, -0.2) is 9.55 Å². The third-order valence-electron chi connectivity index (χ3n) is 8.80. The maximum absolute atomic E-state index is 6.02. The molecule has 0 N–H and O–H groups in total. The van der Waals surface area contributed by atoms with Gasteiger partial charge >= 0.3 is 0 Å². The van der Waals surface area contributed by atoms with Crippen molar-refractivity contribution < 1.29 is 4.42 Å². The van der Waals surface area contributed by atoms with Crippen LogP contribution in [0, 0.1) is 5.41 Å². The van der Waals surface area contributed by atoms with Crippen molar-refractivity contribution in [3.63, 3.8) is 0 Å². The van der Waals surface area contributed by atoms with Gasteiger partial charge in [0.1, 0.15) is 17.5 Å². The van der Waals surface area contributed by atoms with E-state index >= 15 is 0 Å². The molecule has 0 radical (unpaired) electrons. The Morgan fingerprint density at radius 2 is 1.42 bits per heavy atom. The fourth-order valence-corrected chi connectivity index (χ4v) is 5.61. The standard InChI is InChI=1S/C28H28N2O/c1-26(2)20-14-22-23(15-21(20)27(3,4)28(26,5)6)30(16-29-22)17-11-12-25-19(13-17)18-9-7-8-10-24(18)31-25/h7-16H,1-6H3. The van der Waals surface area contributed by atoms with E-state index in [0.717, 1.165) is 38.7 Å². The number of furan rings is 1. The van der Waals surface area contributed by atoms with Crippen molar-refractivity contribution in [2.24, 2.45) is 5.41 Å². The molecule has 5 aromatic rings. The van der Waals surface area contributed by atoms with Crippen molar-refractivity contribution in [1.29, 1.82) is 0 Å². The largest absolute Gasteiger partial charge is 0.456 e. The van der Waals surface area contributed by atoms with Crippen molar-refractivity contribution in [1.82, 2.24) is 9.55 Å². The second-order valence-corrected chi connectivity index (χ2v) is 10.7. The van der Waals surface area contributed by atoms with E-state index in [1.807, 2.05) is 18.5 Å². The van der Waals surface area contributed by atoms with Crippen molar-refractivity contribution in [2.75, 3.05) is 0 Å². The molecule has 3 heteroatoms. The molecular weight excluding hydrogens is 380 g/mol. The molecule has 2 heterocycles. The minimum atomic E-state index is 0.0693. The molecule has 0 unspecified atom stereocenters. The zero-order chi connectivity index (χ0) is 21.8. The van der Waals surface area contributed by atoms with Crippen LogP contribution in [0.2, 0.25) is 0 Å². The molecule has 0 atom stereocenters. The van der Waals surface area contributed by atoms with Gasteiger partial charge in [0.05, 0.1) is 11.0 Å². The lowest BCUT2D eigenvalue weighted by molar-refractivity contribution is 0.125. The van der Waals surface area contributed by atoms with E-state index in [1.165, 1.54) is 11.1 Å². The van der Waals surface area contributed by atoms with E-state index in [4.69, 9.17) is 9.40 Å². The Morgan fingerprint density at radius 3 is 2.19 bits per heavy atom. The lowest BCUT2D eigenvalue weighted by atomic mass is 9.59. The van der Waals surface area contributed by atoms with Crippen molar-refractivity contribution >= 4 is 33.0 Å². The van der Waals surface area contributed by atoms with Gasteiger partial charge in [0.15, 0.2) is 0 Å². The summed E-state index contributed by atoms with van der Waals surface area (Å²) in [5.41, 5.74) is 8.32. The average Bonchev–Trinajstić information content (AvgIpc) is 3.34. The minimum Gasteiger partial charge on any atom is -0.456 e. The molecule has 0 bridgehead atoms. The normalized spacial score (nSPS) is 18.8. The summed E-state index contributed by atoms with van der Waals surface area (Å²) in [5.74, 6) is 0. The van der Waals surface area contributed by atoms with E-state index in [1.54, 1.807) is 0 Å². The van der Waals surface area contributed by atoms with Crippen molar-refractivity contribution in [3.8, 4) is 5.69 Å². The summed E-state index contributed by atoms with van der Waals surface area (Å²) in [6, 6.07) is 19.3. The lowest BCUT2D eigenvalue weighted by Crippen LogP contribution is -2.42. The Balaban J connectivity index is 1.60. The first kappa shape index (κ1) is 18.7. The maximum Gasteiger partial charge on any atom is 0.135 e. The average molecular weight is 409 g/mol. The number of hydrogen-bond donors (Lipinski definition) is 0. The molecule has 0 saturated heterocycles. The maximum atomic E-state index is 6.02. The van der Waals surface area contributed by atoms with Crippen LogP contribution < -0.4 is 0 Å². The molecule has 1 aliphatic carbocycles. The zero-order valence-corrected chi connectivity index (χ0v) is 19.1. The van der Waals surface area contributed by atoms with E-state index in [0.29, 0.717) is 0 Å². The molecule has 1 aliphatic rings. The molecule has 3 nitrogen and oxygen atoms in total. The SMILES string of the molecule is CC1(C)c2cc3ncn(-c4ccc5oc6ccccc6c5c4)c3cc2C(C)(C)C1(C)C. The van der Waals surface area contributed by atoms with Crippen LogP contribution in [0.3, 0.4) is 0 Å². The third kappa shape index (κ3) is 2.16. The number of fused-ring (bicyclic) bond motifs is 5. The van der Waals surface area contributed by atoms with E-state index in [9.17, 15) is 0 Å². The summed E-state index contributed by atoms with van der Waals surface area (Å²) in [4.78, 5) is 4.80. The smallest absolute Gasteiger partial charge is 0.135 e. The molecule has 0 amide bonds.